The number of carbonyl (C=O) groups is 1. The average molecular weight is 622 g/mol. The summed E-state index contributed by atoms with van der Waals surface area (Å²) >= 11 is 5.87. The molecule has 11 heteroatoms. The molecular formula is C31H35ClF3N3O3S. The second kappa shape index (κ2) is 10.1. The minimum atomic E-state index is -3.91. The van der Waals surface area contributed by atoms with Crippen molar-refractivity contribution in [1.82, 2.24) is 9.62 Å². The number of amidine groups is 1. The Bertz CT molecular complexity index is 1520. The second-order valence-corrected chi connectivity index (χ2v) is 15.6. The number of ketones is 1. The molecule has 5 aliphatic rings. The Morgan fingerprint density at radius 2 is 1.71 bits per heavy atom. The van der Waals surface area contributed by atoms with E-state index in [2.05, 4.69) is 5.32 Å². The lowest BCUT2D eigenvalue weighted by Crippen LogP contribution is -2.78. The van der Waals surface area contributed by atoms with Crippen LogP contribution in [0, 0.1) is 17.2 Å². The third kappa shape index (κ3) is 5.07. The molecule has 4 aliphatic carbocycles. The molecule has 7 rings (SSSR count). The summed E-state index contributed by atoms with van der Waals surface area (Å²) in [6.07, 6.45) is 2.15. The van der Waals surface area contributed by atoms with Crippen molar-refractivity contribution in [3.63, 3.8) is 0 Å². The minimum absolute atomic E-state index is 0.00562. The second-order valence-electron chi connectivity index (χ2n) is 13.3. The fourth-order valence-corrected chi connectivity index (χ4v) is 9.32. The first-order valence-electron chi connectivity index (χ1n) is 14.4. The van der Waals surface area contributed by atoms with Gasteiger partial charge in [0.2, 0.25) is 15.9 Å². The Morgan fingerprint density at radius 1 is 1.07 bits per heavy atom. The first-order chi connectivity index (χ1) is 19.6. The van der Waals surface area contributed by atoms with Gasteiger partial charge in [0.25, 0.3) is 0 Å². The molecule has 0 radical (unpaired) electrons. The summed E-state index contributed by atoms with van der Waals surface area (Å²) in [6, 6.07) is 11.9. The zero-order valence-electron chi connectivity index (χ0n) is 23.7. The summed E-state index contributed by atoms with van der Waals surface area (Å²) < 4.78 is 70.8. The van der Waals surface area contributed by atoms with Crippen LogP contribution in [0.25, 0.3) is 0 Å². The first-order valence-corrected chi connectivity index (χ1v) is 16.3. The number of alkyl halides is 2. The maximum absolute atomic E-state index is 14.3. The number of sulfonamides is 1. The van der Waals surface area contributed by atoms with Crippen LogP contribution in [0.2, 0.25) is 5.02 Å². The van der Waals surface area contributed by atoms with Gasteiger partial charge in [0.15, 0.2) is 5.78 Å². The standard InChI is InChI=1S/C31H35ClF3N3O3S/c1-28(2)26(25(39)15-20-10-12-31(34,35)13-11-20)36-27(37-28)29-17-30(18-29,19-29)38(16-21-8-9-23(32)24(33)14-21)42(40,41)22-6-4-3-5-7-22/h3-9,14,20,26H,10-13,15-19H2,1-2H3,(H,36,37)/t26-,29?,30?/m0/s1. The number of nitrogens with one attached hydrogen (secondary N) is 1. The number of hydrogen-bond donors (Lipinski definition) is 1. The molecule has 42 heavy (non-hydrogen) atoms. The Hall–Kier alpha value is -2.43. The highest BCUT2D eigenvalue weighted by Crippen LogP contribution is 2.71. The molecule has 4 saturated carbocycles. The highest BCUT2D eigenvalue weighted by atomic mass is 35.5. The van der Waals surface area contributed by atoms with E-state index in [1.165, 1.54) is 16.4 Å². The van der Waals surface area contributed by atoms with Crippen LogP contribution < -0.4 is 5.32 Å². The summed E-state index contributed by atoms with van der Waals surface area (Å²) in [5.74, 6) is -2.62. The smallest absolute Gasteiger partial charge is 0.248 e. The summed E-state index contributed by atoms with van der Waals surface area (Å²) in [5.41, 5.74) is -1.16. The van der Waals surface area contributed by atoms with Crippen molar-refractivity contribution in [2.45, 2.75) is 99.7 Å². The molecule has 2 aromatic rings. The molecule has 0 aromatic heterocycles. The molecular weight excluding hydrogens is 587 g/mol. The molecule has 4 fully saturated rings. The quantitative estimate of drug-likeness (QED) is 0.346. The van der Waals surface area contributed by atoms with E-state index >= 15 is 0 Å². The maximum Gasteiger partial charge on any atom is 0.248 e. The summed E-state index contributed by atoms with van der Waals surface area (Å²) in [6.45, 7) is 3.83. The van der Waals surface area contributed by atoms with Crippen molar-refractivity contribution in [3.8, 4) is 0 Å². The number of hydrogen-bond acceptors (Lipinski definition) is 5. The molecule has 0 saturated heterocycles. The number of Topliss-reactive ketones (excluding diaryl/α,β-unsaturated/α-hetero) is 1. The minimum Gasteiger partial charge on any atom is -0.366 e. The molecule has 2 aromatic carbocycles. The Kier molecular flexibility index (Phi) is 7.10. The first kappa shape index (κ1) is 29.6. The Balaban J connectivity index is 1.21. The van der Waals surface area contributed by atoms with E-state index in [9.17, 15) is 26.4 Å². The lowest BCUT2D eigenvalue weighted by molar-refractivity contribution is -0.151. The SMILES string of the molecule is CC1(C)NC(C23CC(N(Cc4ccc(Cl)c(F)c4)S(=O)(=O)c4ccccc4)(C2)C3)=N[C@H]1C(=O)CC1CCC(F)(F)CC1. The molecule has 0 unspecified atom stereocenters. The predicted molar refractivity (Wildman–Crippen MR) is 155 cm³/mol. The van der Waals surface area contributed by atoms with Gasteiger partial charge >= 0.3 is 0 Å². The van der Waals surface area contributed by atoms with E-state index in [1.807, 2.05) is 13.8 Å². The van der Waals surface area contributed by atoms with Crippen LogP contribution in [-0.2, 0) is 21.4 Å². The summed E-state index contributed by atoms with van der Waals surface area (Å²) in [5, 5.41) is 3.43. The highest BCUT2D eigenvalue weighted by molar-refractivity contribution is 7.89. The van der Waals surface area contributed by atoms with Gasteiger partial charge in [0.05, 0.1) is 15.5 Å². The van der Waals surface area contributed by atoms with Crippen LogP contribution in [0.3, 0.4) is 0 Å². The van der Waals surface area contributed by atoms with Crippen molar-refractivity contribution in [1.29, 1.82) is 0 Å². The molecule has 0 spiro atoms. The van der Waals surface area contributed by atoms with Crippen LogP contribution in [0.5, 0.6) is 0 Å². The van der Waals surface area contributed by atoms with Crippen LogP contribution in [0.15, 0.2) is 58.4 Å². The molecule has 2 bridgehead atoms. The van der Waals surface area contributed by atoms with Gasteiger partial charge in [-0.05, 0) is 81.7 Å². The van der Waals surface area contributed by atoms with Gasteiger partial charge in [0.1, 0.15) is 17.7 Å². The Labute approximate surface area is 249 Å². The molecule has 1 atom stereocenters. The summed E-state index contributed by atoms with van der Waals surface area (Å²) in [7, 11) is -3.91. The van der Waals surface area contributed by atoms with Gasteiger partial charge in [-0.2, -0.15) is 4.31 Å². The number of rotatable bonds is 9. The van der Waals surface area contributed by atoms with Crippen LogP contribution in [0.1, 0.15) is 70.8 Å². The van der Waals surface area contributed by atoms with Crippen molar-refractivity contribution in [2.75, 3.05) is 0 Å². The average Bonchev–Trinajstić information content (AvgIpc) is 3.20. The van der Waals surface area contributed by atoms with E-state index < -0.39 is 38.9 Å². The van der Waals surface area contributed by atoms with Crippen LogP contribution in [0.4, 0.5) is 13.2 Å². The van der Waals surface area contributed by atoms with Crippen molar-refractivity contribution in [2.24, 2.45) is 16.3 Å². The monoisotopic (exact) mass is 621 g/mol. The fraction of sp³-hybridized carbons (Fsp3) is 0.548. The zero-order chi connectivity index (χ0) is 30.1. The van der Waals surface area contributed by atoms with Crippen molar-refractivity contribution < 1.29 is 26.4 Å². The van der Waals surface area contributed by atoms with Gasteiger partial charge in [-0.15, -0.1) is 0 Å². The molecule has 1 heterocycles. The van der Waals surface area contributed by atoms with E-state index in [0.717, 1.165) is 5.84 Å². The maximum atomic E-state index is 14.3. The molecule has 1 N–H and O–H groups in total. The molecule has 226 valence electrons. The normalized spacial score (nSPS) is 29.8. The lowest BCUT2D eigenvalue weighted by Gasteiger charge is -2.73. The lowest BCUT2D eigenvalue weighted by atomic mass is 9.38. The molecule has 1 aliphatic heterocycles. The van der Waals surface area contributed by atoms with E-state index in [0.29, 0.717) is 37.7 Å². The van der Waals surface area contributed by atoms with Crippen LogP contribution in [-0.4, -0.2) is 47.4 Å². The summed E-state index contributed by atoms with van der Waals surface area (Å²) in [4.78, 5) is 18.4. The largest absolute Gasteiger partial charge is 0.366 e. The van der Waals surface area contributed by atoms with Gasteiger partial charge in [-0.1, -0.05) is 35.9 Å². The number of benzene rings is 2. The van der Waals surface area contributed by atoms with E-state index in [4.69, 9.17) is 16.6 Å². The Morgan fingerprint density at radius 3 is 2.33 bits per heavy atom. The van der Waals surface area contributed by atoms with Gasteiger partial charge in [0, 0.05) is 36.8 Å². The van der Waals surface area contributed by atoms with Crippen molar-refractivity contribution >= 4 is 33.2 Å². The van der Waals surface area contributed by atoms with Gasteiger partial charge < -0.3 is 5.32 Å². The van der Waals surface area contributed by atoms with E-state index in [-0.39, 0.29) is 52.8 Å². The van der Waals surface area contributed by atoms with Crippen LogP contribution >= 0.6 is 11.6 Å². The number of nitrogens with zero attached hydrogens (tertiary/aromatic N) is 2. The third-order valence-electron chi connectivity index (χ3n) is 9.69. The number of halogens is 4. The van der Waals surface area contributed by atoms with Crippen molar-refractivity contribution in [3.05, 3.63) is 64.9 Å². The number of aliphatic imine (C=N–C) groups is 1. The molecule has 6 nitrogen and oxygen atoms in total. The third-order valence-corrected chi connectivity index (χ3v) is 12.0. The zero-order valence-corrected chi connectivity index (χ0v) is 25.2. The number of carbonyl (C=O) groups excluding carboxylic acids is 1. The predicted octanol–water partition coefficient (Wildman–Crippen LogP) is 6.53. The van der Waals surface area contributed by atoms with Gasteiger partial charge in [-0.3, -0.25) is 9.79 Å². The highest BCUT2D eigenvalue weighted by Gasteiger charge is 2.75. The molecule has 0 amide bonds. The van der Waals surface area contributed by atoms with Gasteiger partial charge in [-0.25, -0.2) is 21.6 Å². The van der Waals surface area contributed by atoms with E-state index in [1.54, 1.807) is 36.4 Å². The topological polar surface area (TPSA) is 78.8 Å². The fourth-order valence-electron chi connectivity index (χ4n) is 7.42.